The molecule has 7 heteroatoms. The Morgan fingerprint density at radius 1 is 1.00 bits per heavy atom. The Labute approximate surface area is 180 Å². The summed E-state index contributed by atoms with van der Waals surface area (Å²) in [5, 5.41) is 7.53. The van der Waals surface area contributed by atoms with Crippen LogP contribution in [0.25, 0.3) is 10.9 Å². The predicted octanol–water partition coefficient (Wildman–Crippen LogP) is 5.40. The lowest BCUT2D eigenvalue weighted by Gasteiger charge is -2.30. The molecule has 0 unspecified atom stereocenters. The second-order valence-corrected chi connectivity index (χ2v) is 7.63. The van der Waals surface area contributed by atoms with Gasteiger partial charge in [0.05, 0.1) is 11.1 Å². The number of amides is 1. The van der Waals surface area contributed by atoms with Gasteiger partial charge in [-0.25, -0.2) is 13.8 Å². The molecule has 1 aromatic heterocycles. The second-order valence-electron chi connectivity index (χ2n) is 7.63. The number of carbonyl (C=O) groups is 1. The number of carbonyl (C=O) groups excluding carboxylic acids is 1. The third-order valence-electron chi connectivity index (χ3n) is 5.51. The zero-order chi connectivity index (χ0) is 20.4. The van der Waals surface area contributed by atoms with Crippen LogP contribution in [0.5, 0.6) is 0 Å². The van der Waals surface area contributed by atoms with Crippen molar-refractivity contribution in [3.8, 4) is 0 Å². The van der Waals surface area contributed by atoms with Crippen LogP contribution in [0.15, 0.2) is 48.5 Å². The highest BCUT2D eigenvalue weighted by atomic mass is 35.5. The van der Waals surface area contributed by atoms with E-state index in [9.17, 15) is 13.6 Å². The van der Waals surface area contributed by atoms with Crippen molar-refractivity contribution in [1.29, 1.82) is 0 Å². The maximum atomic E-state index is 13.8. The maximum absolute atomic E-state index is 13.8. The highest BCUT2D eigenvalue weighted by molar-refractivity contribution is 5.94. The Morgan fingerprint density at radius 3 is 2.43 bits per heavy atom. The number of fused-ring (bicyclic) bond motifs is 1. The Bertz CT molecular complexity index is 1050. The Morgan fingerprint density at radius 2 is 1.70 bits per heavy atom. The molecule has 1 saturated carbocycles. The average molecular weight is 432 g/mol. The van der Waals surface area contributed by atoms with Gasteiger partial charge in [0.1, 0.15) is 17.5 Å². The summed E-state index contributed by atoms with van der Waals surface area (Å²) in [5.74, 6) is -1.16. The minimum Gasteiger partial charge on any atom is -0.367 e. The van der Waals surface area contributed by atoms with Crippen LogP contribution in [0.2, 0.25) is 0 Å². The van der Waals surface area contributed by atoms with Crippen molar-refractivity contribution in [3.05, 3.63) is 71.3 Å². The normalized spacial score (nSPS) is 18.5. The van der Waals surface area contributed by atoms with Gasteiger partial charge in [0, 0.05) is 23.5 Å². The molecule has 4 rings (SSSR count). The summed E-state index contributed by atoms with van der Waals surface area (Å²) < 4.78 is 26.8. The highest BCUT2D eigenvalue weighted by Crippen LogP contribution is 2.25. The monoisotopic (exact) mass is 431 g/mol. The Hall–Kier alpha value is -2.73. The van der Waals surface area contributed by atoms with Crippen molar-refractivity contribution < 1.29 is 13.6 Å². The molecule has 3 aromatic rings. The number of benzene rings is 2. The maximum Gasteiger partial charge on any atom is 0.254 e. The fraction of sp³-hybridized carbons (Fsp3) is 0.304. The van der Waals surface area contributed by atoms with Crippen LogP contribution in [0.4, 0.5) is 14.6 Å². The molecule has 0 atom stereocenters. The van der Waals surface area contributed by atoms with Gasteiger partial charge in [-0.15, -0.1) is 12.4 Å². The molecule has 4 nitrogen and oxygen atoms in total. The lowest BCUT2D eigenvalue weighted by atomic mass is 9.91. The fourth-order valence-electron chi connectivity index (χ4n) is 3.95. The molecular weight excluding hydrogens is 408 g/mol. The van der Waals surface area contributed by atoms with E-state index < -0.39 is 17.5 Å². The van der Waals surface area contributed by atoms with E-state index in [0.717, 1.165) is 54.5 Å². The number of halogens is 3. The number of hydrogen-bond donors (Lipinski definition) is 2. The van der Waals surface area contributed by atoms with E-state index in [0.29, 0.717) is 0 Å². The van der Waals surface area contributed by atoms with Gasteiger partial charge in [-0.2, -0.15) is 0 Å². The third kappa shape index (κ3) is 4.87. The summed E-state index contributed by atoms with van der Waals surface area (Å²) in [4.78, 5) is 17.0. The van der Waals surface area contributed by atoms with Crippen LogP contribution in [0.3, 0.4) is 0 Å². The summed E-state index contributed by atoms with van der Waals surface area (Å²) in [6.45, 7) is 2.08. The molecule has 2 aromatic carbocycles. The van der Waals surface area contributed by atoms with Crippen LogP contribution < -0.4 is 10.6 Å². The van der Waals surface area contributed by atoms with Gasteiger partial charge >= 0.3 is 0 Å². The molecule has 1 aliphatic carbocycles. The standard InChI is InChI=1S/C23H23F2N3O.ClH/c1-14-12-22(28-21-5-3-2-4-18(14)21)26-16-7-9-17(10-8-16)27-23(29)19-11-6-15(24)13-20(19)25;/h2-6,11-13,16-17H,7-10H2,1H3,(H,26,28)(H,27,29);1H/t16-,17+;. The number of nitrogens with zero attached hydrogens (tertiary/aromatic N) is 1. The van der Waals surface area contributed by atoms with Gasteiger partial charge in [0.25, 0.3) is 5.91 Å². The van der Waals surface area contributed by atoms with Crippen molar-refractivity contribution in [3.63, 3.8) is 0 Å². The summed E-state index contributed by atoms with van der Waals surface area (Å²) in [6, 6.07) is 13.4. The second kappa shape index (κ2) is 9.39. The lowest BCUT2D eigenvalue weighted by molar-refractivity contribution is 0.0922. The first-order chi connectivity index (χ1) is 14.0. The zero-order valence-electron chi connectivity index (χ0n) is 16.6. The molecule has 1 amide bonds. The van der Waals surface area contributed by atoms with Crippen molar-refractivity contribution in [2.75, 3.05) is 5.32 Å². The molecule has 30 heavy (non-hydrogen) atoms. The van der Waals surface area contributed by atoms with E-state index in [4.69, 9.17) is 4.98 Å². The van der Waals surface area contributed by atoms with Crippen LogP contribution in [0, 0.1) is 18.6 Å². The quantitative estimate of drug-likeness (QED) is 0.581. The molecule has 2 N–H and O–H groups in total. The van der Waals surface area contributed by atoms with Gasteiger partial charge in [-0.3, -0.25) is 4.79 Å². The van der Waals surface area contributed by atoms with Gasteiger partial charge in [0.15, 0.2) is 0 Å². The van der Waals surface area contributed by atoms with Gasteiger partial charge < -0.3 is 10.6 Å². The molecule has 0 spiro atoms. The minimum absolute atomic E-state index is 0. The van der Waals surface area contributed by atoms with Crippen molar-refractivity contribution in [1.82, 2.24) is 10.3 Å². The predicted molar refractivity (Wildman–Crippen MR) is 117 cm³/mol. The van der Waals surface area contributed by atoms with Crippen molar-refractivity contribution in [2.45, 2.75) is 44.7 Å². The molecule has 0 radical (unpaired) electrons. The van der Waals surface area contributed by atoms with Crippen LogP contribution in [-0.2, 0) is 0 Å². The summed E-state index contributed by atoms with van der Waals surface area (Å²) in [5.41, 5.74) is 2.03. The number of hydrogen-bond acceptors (Lipinski definition) is 3. The first-order valence-corrected chi connectivity index (χ1v) is 9.88. The zero-order valence-corrected chi connectivity index (χ0v) is 17.4. The average Bonchev–Trinajstić information content (AvgIpc) is 2.69. The van der Waals surface area contributed by atoms with Crippen LogP contribution in [0.1, 0.15) is 41.6 Å². The smallest absolute Gasteiger partial charge is 0.254 e. The Kier molecular flexibility index (Phi) is 6.87. The summed E-state index contributed by atoms with van der Waals surface area (Å²) >= 11 is 0. The van der Waals surface area contributed by atoms with Gasteiger partial charge in [0.2, 0.25) is 0 Å². The first-order valence-electron chi connectivity index (χ1n) is 9.88. The molecule has 0 bridgehead atoms. The number of pyridine rings is 1. The van der Waals surface area contributed by atoms with Gasteiger partial charge in [-0.05, 0) is 62.4 Å². The van der Waals surface area contributed by atoms with Gasteiger partial charge in [-0.1, -0.05) is 18.2 Å². The van der Waals surface area contributed by atoms with E-state index in [-0.39, 0.29) is 30.1 Å². The fourth-order valence-corrected chi connectivity index (χ4v) is 3.95. The number of nitrogens with one attached hydrogen (secondary N) is 2. The largest absolute Gasteiger partial charge is 0.367 e. The highest BCUT2D eigenvalue weighted by Gasteiger charge is 2.24. The molecule has 0 saturated heterocycles. The number of aryl methyl sites for hydroxylation is 1. The number of aromatic nitrogens is 1. The van der Waals surface area contributed by atoms with Crippen LogP contribution >= 0.6 is 12.4 Å². The molecule has 1 fully saturated rings. The number of rotatable bonds is 4. The first kappa shape index (κ1) is 22.0. The van der Waals surface area contributed by atoms with E-state index in [1.165, 1.54) is 11.6 Å². The summed E-state index contributed by atoms with van der Waals surface area (Å²) in [7, 11) is 0. The molecule has 1 heterocycles. The molecule has 158 valence electrons. The molecule has 0 aliphatic heterocycles. The van der Waals surface area contributed by atoms with E-state index in [1.54, 1.807) is 0 Å². The SMILES string of the molecule is Cc1cc(N[C@H]2CC[C@@H](NC(=O)c3ccc(F)cc3F)CC2)nc2ccccc12.Cl. The number of para-hydroxylation sites is 1. The van der Waals surface area contributed by atoms with Crippen LogP contribution in [-0.4, -0.2) is 23.0 Å². The van der Waals surface area contributed by atoms with Crippen molar-refractivity contribution in [2.24, 2.45) is 0 Å². The lowest BCUT2D eigenvalue weighted by Crippen LogP contribution is -2.40. The topological polar surface area (TPSA) is 54.0 Å². The third-order valence-corrected chi connectivity index (χ3v) is 5.51. The van der Waals surface area contributed by atoms with Crippen molar-refractivity contribution >= 4 is 35.0 Å². The molecular formula is C23H24ClF2N3O. The van der Waals surface area contributed by atoms with E-state index in [2.05, 4.69) is 29.7 Å². The van der Waals surface area contributed by atoms with E-state index in [1.807, 2.05) is 18.2 Å². The summed E-state index contributed by atoms with van der Waals surface area (Å²) in [6.07, 6.45) is 3.34. The Balaban J connectivity index is 0.00000256. The van der Waals surface area contributed by atoms with E-state index >= 15 is 0 Å². The molecule has 1 aliphatic rings. The number of anilines is 1. The minimum atomic E-state index is -0.837.